The largest absolute Gasteiger partial charge is 0.322 e. The lowest BCUT2D eigenvalue weighted by molar-refractivity contribution is -0.111. The molecule has 2 aromatic carbocycles. The van der Waals surface area contributed by atoms with Gasteiger partial charge in [-0.2, -0.15) is 10.2 Å². The molecule has 0 fully saturated rings. The molecule has 0 aliphatic rings. The maximum absolute atomic E-state index is 15.1. The van der Waals surface area contributed by atoms with Gasteiger partial charge in [0.25, 0.3) is 5.91 Å². The number of halogens is 4. The van der Waals surface area contributed by atoms with Crippen molar-refractivity contribution in [3.8, 4) is 16.9 Å². The summed E-state index contributed by atoms with van der Waals surface area (Å²) >= 11 is 12.5. The molecule has 0 aliphatic carbocycles. The molecule has 0 spiro atoms. The Labute approximate surface area is 207 Å². The number of anilines is 2. The molecule has 0 bridgehead atoms. The molecule has 0 atom stereocenters. The molecule has 2 heterocycles. The molecule has 8 nitrogen and oxygen atoms in total. The van der Waals surface area contributed by atoms with Gasteiger partial charge < -0.3 is 10.6 Å². The third-order valence-electron chi connectivity index (χ3n) is 4.70. The summed E-state index contributed by atoms with van der Waals surface area (Å²) in [5.41, 5.74) is 0.179. The van der Waals surface area contributed by atoms with Crippen LogP contribution < -0.4 is 10.6 Å². The lowest BCUT2D eigenvalue weighted by Crippen LogP contribution is -2.14. The van der Waals surface area contributed by atoms with E-state index in [1.807, 2.05) is 0 Å². The van der Waals surface area contributed by atoms with Crippen LogP contribution in [0.5, 0.6) is 0 Å². The van der Waals surface area contributed by atoms with Gasteiger partial charge in [0, 0.05) is 11.1 Å². The summed E-state index contributed by atoms with van der Waals surface area (Å²) < 4.78 is 28.8. The first-order chi connectivity index (χ1) is 16.8. The number of hydrogen-bond donors (Lipinski definition) is 2. The van der Waals surface area contributed by atoms with Crippen molar-refractivity contribution in [1.82, 2.24) is 20.0 Å². The maximum atomic E-state index is 15.1. The summed E-state index contributed by atoms with van der Waals surface area (Å²) in [7, 11) is 0. The molecular weight excluding hydrogens is 501 g/mol. The van der Waals surface area contributed by atoms with Crippen LogP contribution >= 0.6 is 23.2 Å². The molecule has 0 saturated heterocycles. The van der Waals surface area contributed by atoms with Gasteiger partial charge in [-0.25, -0.2) is 13.8 Å². The first kappa shape index (κ1) is 24.0. The van der Waals surface area contributed by atoms with E-state index in [0.717, 1.165) is 24.3 Å². The Kier molecular flexibility index (Phi) is 6.85. The monoisotopic (exact) mass is 514 g/mol. The van der Waals surface area contributed by atoms with Crippen molar-refractivity contribution in [3.63, 3.8) is 0 Å². The molecule has 4 rings (SSSR count). The molecular formula is C23H14Cl2F2N6O2. The van der Waals surface area contributed by atoms with Crippen LogP contribution in [0.15, 0.2) is 67.6 Å². The van der Waals surface area contributed by atoms with E-state index in [1.165, 1.54) is 41.6 Å². The summed E-state index contributed by atoms with van der Waals surface area (Å²) in [6.45, 7) is 3.34. The Bertz CT molecular complexity index is 1460. The van der Waals surface area contributed by atoms with E-state index >= 15 is 4.39 Å². The molecule has 0 aliphatic heterocycles. The molecule has 35 heavy (non-hydrogen) atoms. The van der Waals surface area contributed by atoms with Gasteiger partial charge in [0.1, 0.15) is 11.6 Å². The van der Waals surface area contributed by atoms with E-state index in [2.05, 4.69) is 32.4 Å². The van der Waals surface area contributed by atoms with E-state index in [4.69, 9.17) is 23.2 Å². The van der Waals surface area contributed by atoms with Gasteiger partial charge in [0.2, 0.25) is 5.91 Å². The number of hydrogen-bond acceptors (Lipinski definition) is 5. The van der Waals surface area contributed by atoms with Crippen LogP contribution in [0.3, 0.4) is 0 Å². The summed E-state index contributed by atoms with van der Waals surface area (Å²) in [6.07, 6.45) is 5.23. The fourth-order valence-electron chi connectivity index (χ4n) is 3.14. The summed E-state index contributed by atoms with van der Waals surface area (Å²) in [4.78, 5) is 29.8. The quantitative estimate of drug-likeness (QED) is 0.340. The number of amides is 2. The second-order valence-corrected chi connectivity index (χ2v) is 7.81. The molecule has 0 radical (unpaired) electrons. The number of nitrogens with zero attached hydrogens (tertiary/aromatic N) is 4. The molecule has 2 aromatic heterocycles. The molecule has 2 amide bonds. The average molecular weight is 515 g/mol. The zero-order chi connectivity index (χ0) is 25.1. The highest BCUT2D eigenvalue weighted by molar-refractivity contribution is 6.35. The SMILES string of the molecule is C=CC(=O)Nc1cc(F)ccc1-c1cc(Cl)c(C(=O)Nc2cnc(-n3nccn3)c(Cl)c2)cc1F. The van der Waals surface area contributed by atoms with Crippen LogP contribution in [-0.2, 0) is 4.79 Å². The minimum absolute atomic E-state index is 0.00884. The van der Waals surface area contributed by atoms with Gasteiger partial charge in [-0.15, -0.1) is 4.80 Å². The maximum Gasteiger partial charge on any atom is 0.257 e. The highest BCUT2D eigenvalue weighted by Crippen LogP contribution is 2.34. The van der Waals surface area contributed by atoms with Gasteiger partial charge in [-0.05, 0) is 42.5 Å². The zero-order valence-electron chi connectivity index (χ0n) is 17.6. The number of rotatable bonds is 6. The Morgan fingerprint density at radius 2 is 1.71 bits per heavy atom. The number of carbonyl (C=O) groups is 2. The van der Waals surface area contributed by atoms with Crippen molar-refractivity contribution in [3.05, 3.63) is 94.9 Å². The topological polar surface area (TPSA) is 102 Å². The van der Waals surface area contributed by atoms with E-state index in [0.29, 0.717) is 0 Å². The Balaban J connectivity index is 1.62. The normalized spacial score (nSPS) is 10.6. The molecule has 2 N–H and O–H groups in total. The Morgan fingerprint density at radius 1 is 0.971 bits per heavy atom. The molecule has 0 unspecified atom stereocenters. The van der Waals surface area contributed by atoms with Crippen LogP contribution in [0.1, 0.15) is 10.4 Å². The van der Waals surface area contributed by atoms with Crippen LogP contribution in [-0.4, -0.2) is 31.8 Å². The number of carbonyl (C=O) groups excluding carboxylic acids is 2. The molecule has 176 valence electrons. The second kappa shape index (κ2) is 10.00. The number of nitrogens with one attached hydrogen (secondary N) is 2. The lowest BCUT2D eigenvalue weighted by atomic mass is 10.0. The minimum Gasteiger partial charge on any atom is -0.322 e. The van der Waals surface area contributed by atoms with E-state index < -0.39 is 23.4 Å². The molecule has 4 aromatic rings. The summed E-state index contributed by atoms with van der Waals surface area (Å²) in [5, 5.41) is 12.9. The Hall–Kier alpha value is -4.15. The van der Waals surface area contributed by atoms with Gasteiger partial charge in [-0.1, -0.05) is 29.8 Å². The van der Waals surface area contributed by atoms with Crippen molar-refractivity contribution in [1.29, 1.82) is 0 Å². The van der Waals surface area contributed by atoms with Gasteiger partial charge in [0.05, 0.1) is 45.6 Å². The summed E-state index contributed by atoms with van der Waals surface area (Å²) in [5.74, 6) is -2.54. The summed E-state index contributed by atoms with van der Waals surface area (Å²) in [6, 6.07) is 6.99. The van der Waals surface area contributed by atoms with Crippen molar-refractivity contribution in [2.45, 2.75) is 0 Å². The first-order valence-corrected chi connectivity index (χ1v) is 10.6. The first-order valence-electron chi connectivity index (χ1n) is 9.83. The smallest absolute Gasteiger partial charge is 0.257 e. The fraction of sp³-hybridized carbons (Fsp3) is 0. The highest BCUT2D eigenvalue weighted by Gasteiger charge is 2.19. The van der Waals surface area contributed by atoms with E-state index in [9.17, 15) is 14.0 Å². The number of aromatic nitrogens is 4. The predicted octanol–water partition coefficient (Wildman–Crippen LogP) is 5.29. The van der Waals surface area contributed by atoms with Crippen molar-refractivity contribution >= 4 is 46.4 Å². The molecule has 12 heteroatoms. The van der Waals surface area contributed by atoms with Crippen LogP contribution in [0.4, 0.5) is 20.2 Å². The number of pyridine rings is 1. The van der Waals surface area contributed by atoms with Crippen molar-refractivity contribution in [2.24, 2.45) is 0 Å². The van der Waals surface area contributed by atoms with Crippen LogP contribution in [0.2, 0.25) is 10.0 Å². The third-order valence-corrected chi connectivity index (χ3v) is 5.30. The van der Waals surface area contributed by atoms with E-state index in [1.54, 1.807) is 0 Å². The van der Waals surface area contributed by atoms with Gasteiger partial charge in [-0.3, -0.25) is 9.59 Å². The van der Waals surface area contributed by atoms with E-state index in [-0.39, 0.29) is 43.9 Å². The Morgan fingerprint density at radius 3 is 2.40 bits per heavy atom. The zero-order valence-corrected chi connectivity index (χ0v) is 19.1. The third kappa shape index (κ3) is 5.18. The average Bonchev–Trinajstić information content (AvgIpc) is 3.35. The standard InChI is InChI=1S/C23H14Cl2F2N6O2/c1-2-21(34)32-20-7-12(26)3-4-14(20)15-9-17(24)16(10-19(15)27)23(35)31-13-8-18(25)22(28-11-13)33-29-5-6-30-33/h2-11H,1H2,(H,31,35)(H,32,34). The van der Waals surface area contributed by atoms with Gasteiger partial charge in [0.15, 0.2) is 5.82 Å². The predicted molar refractivity (Wildman–Crippen MR) is 128 cm³/mol. The molecule has 0 saturated carbocycles. The highest BCUT2D eigenvalue weighted by atomic mass is 35.5. The minimum atomic E-state index is -0.823. The van der Waals surface area contributed by atoms with Crippen molar-refractivity contribution < 1.29 is 18.4 Å². The van der Waals surface area contributed by atoms with Gasteiger partial charge >= 0.3 is 0 Å². The van der Waals surface area contributed by atoms with Crippen LogP contribution in [0, 0.1) is 11.6 Å². The van der Waals surface area contributed by atoms with Crippen molar-refractivity contribution in [2.75, 3.05) is 10.6 Å². The van der Waals surface area contributed by atoms with Crippen LogP contribution in [0.25, 0.3) is 16.9 Å². The fourth-order valence-corrected chi connectivity index (χ4v) is 3.63. The number of benzene rings is 2. The lowest BCUT2D eigenvalue weighted by Gasteiger charge is -2.14. The second-order valence-electron chi connectivity index (χ2n) is 7.00.